The molecule has 0 atom stereocenters. The molecule has 0 aromatic carbocycles. The van der Waals surface area contributed by atoms with Crippen LogP contribution >= 0.6 is 0 Å². The molecule has 1 amide bonds. The van der Waals surface area contributed by atoms with Gasteiger partial charge in [0.1, 0.15) is 0 Å². The van der Waals surface area contributed by atoms with Crippen LogP contribution in [0.3, 0.4) is 0 Å². The average molecular weight is 200 g/mol. The average Bonchev–Trinajstić information content (AvgIpc) is 2.01. The molecule has 0 unspecified atom stereocenters. The Kier molecular flexibility index (Phi) is 4.80. The molecule has 0 bridgehead atoms. The first-order valence-electron chi connectivity index (χ1n) is 4.85. The Hall–Kier alpha value is -0.870. The van der Waals surface area contributed by atoms with E-state index < -0.39 is 0 Å². The molecule has 0 aliphatic heterocycles. The van der Waals surface area contributed by atoms with Gasteiger partial charge in [-0.05, 0) is 13.3 Å². The zero-order chi connectivity index (χ0) is 11.4. The predicted octanol–water partition coefficient (Wildman–Crippen LogP) is 0.927. The Morgan fingerprint density at radius 1 is 1.43 bits per heavy atom. The molecular formula is C10H22N3O+. The minimum Gasteiger partial charge on any atom is -0.268 e. The van der Waals surface area contributed by atoms with Gasteiger partial charge in [0.15, 0.2) is 0 Å². The van der Waals surface area contributed by atoms with Crippen LogP contribution in [0.1, 0.15) is 20.3 Å². The molecule has 4 heteroatoms. The third kappa shape index (κ3) is 4.39. The van der Waals surface area contributed by atoms with Gasteiger partial charge in [0, 0.05) is 5.57 Å². The van der Waals surface area contributed by atoms with Gasteiger partial charge in [-0.2, -0.15) is 0 Å². The van der Waals surface area contributed by atoms with Crippen molar-refractivity contribution in [3.05, 3.63) is 12.2 Å². The monoisotopic (exact) mass is 200 g/mol. The Bertz CT molecular complexity index is 218. The highest BCUT2D eigenvalue weighted by atomic mass is 16.2. The highest BCUT2D eigenvalue weighted by molar-refractivity contribution is 5.91. The highest BCUT2D eigenvalue weighted by Crippen LogP contribution is 2.00. The van der Waals surface area contributed by atoms with Crippen LogP contribution in [0.25, 0.3) is 0 Å². The van der Waals surface area contributed by atoms with Crippen LogP contribution in [0.15, 0.2) is 12.2 Å². The summed E-state index contributed by atoms with van der Waals surface area (Å²) in [6.45, 7) is 8.21. The van der Waals surface area contributed by atoms with Gasteiger partial charge in [-0.3, -0.25) is 4.79 Å². The molecule has 0 heterocycles. The minimum absolute atomic E-state index is 0.119. The Morgan fingerprint density at radius 3 is 2.21 bits per heavy atom. The fourth-order valence-corrected chi connectivity index (χ4v) is 0.930. The summed E-state index contributed by atoms with van der Waals surface area (Å²) in [7, 11) is 6.02. The molecule has 1 N–H and O–H groups in total. The van der Waals surface area contributed by atoms with Gasteiger partial charge in [0.2, 0.25) is 0 Å². The molecule has 0 saturated heterocycles. The molecule has 0 spiro atoms. The number of hydrogen-bond donors (Lipinski definition) is 1. The summed E-state index contributed by atoms with van der Waals surface area (Å²) in [6, 6.07) is 0. The van der Waals surface area contributed by atoms with E-state index in [9.17, 15) is 4.79 Å². The first-order chi connectivity index (χ1) is 6.29. The molecule has 0 fully saturated rings. The van der Waals surface area contributed by atoms with Crippen LogP contribution in [-0.2, 0) is 4.79 Å². The maximum Gasteiger partial charge on any atom is 0.264 e. The smallest absolute Gasteiger partial charge is 0.264 e. The molecule has 14 heavy (non-hydrogen) atoms. The van der Waals surface area contributed by atoms with E-state index in [0.717, 1.165) is 13.0 Å². The summed E-state index contributed by atoms with van der Waals surface area (Å²) in [5, 5.41) is 1.89. The summed E-state index contributed by atoms with van der Waals surface area (Å²) < 4.78 is 0.576. The number of nitrogens with one attached hydrogen (secondary N) is 1. The van der Waals surface area contributed by atoms with E-state index in [1.54, 1.807) is 6.92 Å². The third-order valence-electron chi connectivity index (χ3n) is 1.78. The Balaban J connectivity index is 4.38. The summed E-state index contributed by atoms with van der Waals surface area (Å²) in [4.78, 5) is 11.4. The normalized spacial score (nSPS) is 11.6. The van der Waals surface area contributed by atoms with Crippen LogP contribution < -0.4 is 5.43 Å². The zero-order valence-electron chi connectivity index (χ0n) is 9.92. The van der Waals surface area contributed by atoms with Gasteiger partial charge in [-0.1, -0.05) is 18.6 Å². The number of nitrogens with zero attached hydrogens (tertiary/aromatic N) is 2. The van der Waals surface area contributed by atoms with Crippen molar-refractivity contribution >= 4 is 5.91 Å². The second-order valence-corrected chi connectivity index (χ2v) is 4.29. The number of amides is 1. The fourth-order valence-electron chi connectivity index (χ4n) is 0.930. The largest absolute Gasteiger partial charge is 0.268 e. The summed E-state index contributed by atoms with van der Waals surface area (Å²) in [5.74, 6) is -0.119. The quantitative estimate of drug-likeness (QED) is 0.407. The molecule has 0 rings (SSSR count). The first-order valence-corrected chi connectivity index (χ1v) is 4.85. The topological polar surface area (TPSA) is 32.3 Å². The van der Waals surface area contributed by atoms with Crippen molar-refractivity contribution < 1.29 is 9.39 Å². The molecule has 4 nitrogen and oxygen atoms in total. The standard InChI is InChI=1S/C10H21N3O/c1-7-8-12(13(4,5)6)11-10(14)9(2)3/h2,7-8H2,1,3-6H3/p+1. The second-order valence-electron chi connectivity index (χ2n) is 4.29. The summed E-state index contributed by atoms with van der Waals surface area (Å²) in [6.07, 6.45) is 0.992. The molecule has 0 radical (unpaired) electrons. The lowest BCUT2D eigenvalue weighted by Crippen LogP contribution is -2.60. The lowest BCUT2D eigenvalue weighted by Gasteiger charge is -2.35. The predicted molar refractivity (Wildman–Crippen MR) is 58.0 cm³/mol. The van der Waals surface area contributed by atoms with Crippen LogP contribution in [0.2, 0.25) is 0 Å². The molecule has 0 saturated carbocycles. The van der Waals surface area contributed by atoms with Gasteiger partial charge in [-0.15, -0.1) is 0 Å². The van der Waals surface area contributed by atoms with Crippen molar-refractivity contribution in [1.82, 2.24) is 10.5 Å². The second kappa shape index (κ2) is 5.12. The van der Waals surface area contributed by atoms with E-state index in [2.05, 4.69) is 18.9 Å². The van der Waals surface area contributed by atoms with Gasteiger partial charge in [0.25, 0.3) is 5.91 Å². The van der Waals surface area contributed by atoms with Crippen molar-refractivity contribution in [3.8, 4) is 0 Å². The van der Waals surface area contributed by atoms with Gasteiger partial charge in [-0.25, -0.2) is 10.0 Å². The van der Waals surface area contributed by atoms with Gasteiger partial charge < -0.3 is 0 Å². The van der Waals surface area contributed by atoms with E-state index in [-0.39, 0.29) is 5.91 Å². The van der Waals surface area contributed by atoms with Crippen molar-refractivity contribution in [1.29, 1.82) is 0 Å². The van der Waals surface area contributed by atoms with E-state index in [4.69, 9.17) is 0 Å². The molecular weight excluding hydrogens is 178 g/mol. The van der Waals surface area contributed by atoms with E-state index in [0.29, 0.717) is 10.2 Å². The van der Waals surface area contributed by atoms with Crippen LogP contribution in [0.4, 0.5) is 0 Å². The zero-order valence-corrected chi connectivity index (χ0v) is 9.92. The number of rotatable bonds is 5. The molecule has 82 valence electrons. The fraction of sp³-hybridized carbons (Fsp3) is 0.700. The Morgan fingerprint density at radius 2 is 1.93 bits per heavy atom. The molecule has 0 aliphatic rings. The van der Waals surface area contributed by atoms with Crippen LogP contribution in [0.5, 0.6) is 0 Å². The third-order valence-corrected chi connectivity index (χ3v) is 1.78. The molecule has 0 aromatic heterocycles. The number of carbonyl (C=O) groups excluding carboxylic acids is 1. The van der Waals surface area contributed by atoms with E-state index >= 15 is 0 Å². The first kappa shape index (κ1) is 13.1. The lowest BCUT2D eigenvalue weighted by molar-refractivity contribution is -0.993. The Labute approximate surface area is 86.7 Å². The number of quaternary nitrogens is 1. The maximum atomic E-state index is 11.4. The lowest BCUT2D eigenvalue weighted by atomic mass is 10.3. The van der Waals surface area contributed by atoms with Crippen molar-refractivity contribution in [2.75, 3.05) is 27.7 Å². The van der Waals surface area contributed by atoms with E-state index in [1.165, 1.54) is 0 Å². The molecule has 0 aliphatic carbocycles. The number of hydrogen-bond acceptors (Lipinski definition) is 2. The van der Waals surface area contributed by atoms with Gasteiger partial charge >= 0.3 is 0 Å². The van der Waals surface area contributed by atoms with Crippen LogP contribution in [0, 0.1) is 0 Å². The van der Waals surface area contributed by atoms with E-state index in [1.807, 2.05) is 26.3 Å². The number of hydrazine groups is 1. The van der Waals surface area contributed by atoms with Crippen LogP contribution in [-0.4, -0.2) is 43.3 Å². The number of carbonyl (C=O) groups is 1. The maximum absolute atomic E-state index is 11.4. The van der Waals surface area contributed by atoms with Crippen molar-refractivity contribution in [3.63, 3.8) is 0 Å². The molecule has 0 aromatic rings. The van der Waals surface area contributed by atoms with Gasteiger partial charge in [0.05, 0.1) is 27.7 Å². The highest BCUT2D eigenvalue weighted by Gasteiger charge is 2.21. The van der Waals surface area contributed by atoms with Crippen molar-refractivity contribution in [2.45, 2.75) is 20.3 Å². The minimum atomic E-state index is -0.119. The van der Waals surface area contributed by atoms with Crippen molar-refractivity contribution in [2.24, 2.45) is 0 Å². The SMILES string of the molecule is C=C(C)C(=O)NN(CCC)[N+](C)(C)C. The summed E-state index contributed by atoms with van der Waals surface area (Å²) >= 11 is 0. The summed E-state index contributed by atoms with van der Waals surface area (Å²) in [5.41, 5.74) is 3.35.